The largest absolute Gasteiger partial charge is 0.393 e. The van der Waals surface area contributed by atoms with E-state index in [9.17, 15) is 5.11 Å². The van der Waals surface area contributed by atoms with Gasteiger partial charge in [-0.15, -0.1) is 0 Å². The van der Waals surface area contributed by atoms with Gasteiger partial charge in [0.15, 0.2) is 0 Å². The summed E-state index contributed by atoms with van der Waals surface area (Å²) in [5, 5.41) is 13.0. The first-order valence-electron chi connectivity index (χ1n) is 6.01. The van der Waals surface area contributed by atoms with Gasteiger partial charge in [-0.25, -0.2) is 0 Å². The third kappa shape index (κ3) is 4.09. The molecule has 0 aliphatic heterocycles. The Bertz CT molecular complexity index is 184. The van der Waals surface area contributed by atoms with Crippen LogP contribution in [-0.4, -0.2) is 48.3 Å². The van der Waals surface area contributed by atoms with E-state index in [1.54, 1.807) is 0 Å². The lowest BCUT2D eigenvalue weighted by Crippen LogP contribution is -2.49. The van der Waals surface area contributed by atoms with Crippen LogP contribution < -0.4 is 5.32 Å². The van der Waals surface area contributed by atoms with Gasteiger partial charge in [0.25, 0.3) is 0 Å². The molecule has 15 heavy (non-hydrogen) atoms. The van der Waals surface area contributed by atoms with E-state index in [2.05, 4.69) is 38.2 Å². The van der Waals surface area contributed by atoms with Gasteiger partial charge in [0.2, 0.25) is 0 Å². The fourth-order valence-electron chi connectivity index (χ4n) is 1.83. The number of aliphatic hydroxyl groups excluding tert-OH is 1. The van der Waals surface area contributed by atoms with Crippen molar-refractivity contribution in [2.45, 2.75) is 57.2 Å². The lowest BCUT2D eigenvalue weighted by atomic mass is 9.92. The number of rotatable bonds is 4. The normalized spacial score (nSPS) is 28.4. The van der Waals surface area contributed by atoms with E-state index in [0.717, 1.165) is 32.2 Å². The highest BCUT2D eigenvalue weighted by Gasteiger charge is 2.24. The number of nitrogens with one attached hydrogen (secondary N) is 1. The Labute approximate surface area is 93.9 Å². The van der Waals surface area contributed by atoms with Crippen molar-refractivity contribution in [2.75, 3.05) is 20.6 Å². The highest BCUT2D eigenvalue weighted by molar-refractivity contribution is 4.84. The predicted molar refractivity (Wildman–Crippen MR) is 64.0 cm³/mol. The second-order valence-corrected chi connectivity index (χ2v) is 5.59. The van der Waals surface area contributed by atoms with E-state index in [1.165, 1.54) is 0 Å². The van der Waals surface area contributed by atoms with Crippen LogP contribution >= 0.6 is 0 Å². The van der Waals surface area contributed by atoms with E-state index in [-0.39, 0.29) is 11.6 Å². The molecule has 0 amide bonds. The van der Waals surface area contributed by atoms with Crippen LogP contribution in [-0.2, 0) is 0 Å². The molecule has 2 N–H and O–H groups in total. The van der Waals surface area contributed by atoms with Gasteiger partial charge in [-0.1, -0.05) is 0 Å². The molecule has 0 saturated heterocycles. The first-order valence-corrected chi connectivity index (χ1v) is 6.01. The van der Waals surface area contributed by atoms with Crippen molar-refractivity contribution in [1.82, 2.24) is 10.2 Å². The summed E-state index contributed by atoms with van der Waals surface area (Å²) in [5.74, 6) is 0. The highest BCUT2D eigenvalue weighted by Crippen LogP contribution is 2.19. The second kappa shape index (κ2) is 5.28. The molecule has 1 aliphatic carbocycles. The van der Waals surface area contributed by atoms with E-state index >= 15 is 0 Å². The van der Waals surface area contributed by atoms with Gasteiger partial charge in [0, 0.05) is 18.1 Å². The zero-order valence-electron chi connectivity index (χ0n) is 10.6. The Balaban J connectivity index is 2.25. The van der Waals surface area contributed by atoms with E-state index in [4.69, 9.17) is 0 Å². The minimum Gasteiger partial charge on any atom is -0.393 e. The molecule has 0 aromatic heterocycles. The molecule has 0 aromatic carbocycles. The molecular formula is C12H26N2O. The Kier molecular flexibility index (Phi) is 4.56. The molecule has 0 heterocycles. The third-order valence-corrected chi connectivity index (χ3v) is 3.73. The maximum atomic E-state index is 9.41. The summed E-state index contributed by atoms with van der Waals surface area (Å²) in [6, 6.07) is 0.604. The van der Waals surface area contributed by atoms with Crippen LogP contribution in [0, 0.1) is 0 Å². The van der Waals surface area contributed by atoms with Crippen molar-refractivity contribution in [2.24, 2.45) is 0 Å². The summed E-state index contributed by atoms with van der Waals surface area (Å²) in [7, 11) is 4.23. The Morgan fingerprint density at radius 1 is 1.20 bits per heavy atom. The van der Waals surface area contributed by atoms with E-state index in [1.807, 2.05) is 0 Å². The molecule has 0 atom stereocenters. The molecule has 0 radical (unpaired) electrons. The molecule has 3 nitrogen and oxygen atoms in total. The summed E-state index contributed by atoms with van der Waals surface area (Å²) in [4.78, 5) is 2.25. The van der Waals surface area contributed by atoms with E-state index < -0.39 is 0 Å². The average molecular weight is 214 g/mol. The lowest BCUT2D eigenvalue weighted by Gasteiger charge is -2.35. The molecule has 90 valence electrons. The predicted octanol–water partition coefficient (Wildman–Crippen LogP) is 1.22. The Hall–Kier alpha value is -0.120. The van der Waals surface area contributed by atoms with Gasteiger partial charge >= 0.3 is 0 Å². The SMILES string of the molecule is CN(C)C(C)(C)CNC1CCC(O)CC1. The zero-order chi connectivity index (χ0) is 11.5. The monoisotopic (exact) mass is 214 g/mol. The number of aliphatic hydroxyl groups is 1. The summed E-state index contributed by atoms with van der Waals surface area (Å²) in [6.07, 6.45) is 4.10. The van der Waals surface area contributed by atoms with Crippen molar-refractivity contribution in [3.63, 3.8) is 0 Å². The summed E-state index contributed by atoms with van der Waals surface area (Å²) in [5.41, 5.74) is 0.204. The molecule has 0 unspecified atom stereocenters. The van der Waals surface area contributed by atoms with Crippen molar-refractivity contribution in [1.29, 1.82) is 0 Å². The Morgan fingerprint density at radius 2 is 1.73 bits per heavy atom. The van der Waals surface area contributed by atoms with Crippen LogP contribution in [0.1, 0.15) is 39.5 Å². The molecule has 0 bridgehead atoms. The first kappa shape index (κ1) is 12.9. The molecule has 3 heteroatoms. The summed E-state index contributed by atoms with van der Waals surface area (Å²) < 4.78 is 0. The van der Waals surface area contributed by atoms with Gasteiger partial charge in [0.1, 0.15) is 0 Å². The van der Waals surface area contributed by atoms with Crippen LogP contribution in [0.25, 0.3) is 0 Å². The van der Waals surface area contributed by atoms with Crippen molar-refractivity contribution >= 4 is 0 Å². The number of likely N-dealkylation sites (N-methyl/N-ethyl adjacent to an activating group) is 1. The Morgan fingerprint density at radius 3 is 2.20 bits per heavy atom. The van der Waals surface area contributed by atoms with Gasteiger partial charge in [0.05, 0.1) is 6.10 Å². The van der Waals surface area contributed by atoms with Crippen molar-refractivity contribution < 1.29 is 5.11 Å². The van der Waals surface area contributed by atoms with Gasteiger partial charge in [-0.2, -0.15) is 0 Å². The molecule has 1 saturated carbocycles. The van der Waals surface area contributed by atoms with Crippen LogP contribution in [0.5, 0.6) is 0 Å². The number of nitrogens with zero attached hydrogens (tertiary/aromatic N) is 1. The van der Waals surface area contributed by atoms with Crippen LogP contribution in [0.15, 0.2) is 0 Å². The lowest BCUT2D eigenvalue weighted by molar-refractivity contribution is 0.110. The molecule has 1 aliphatic rings. The van der Waals surface area contributed by atoms with Crippen molar-refractivity contribution in [3.8, 4) is 0 Å². The third-order valence-electron chi connectivity index (χ3n) is 3.73. The molecule has 0 spiro atoms. The minimum atomic E-state index is -0.0510. The molecule has 1 fully saturated rings. The maximum absolute atomic E-state index is 9.41. The second-order valence-electron chi connectivity index (χ2n) is 5.59. The molecule has 0 aromatic rings. The average Bonchev–Trinajstić information content (AvgIpc) is 2.17. The fraction of sp³-hybridized carbons (Fsp3) is 1.00. The van der Waals surface area contributed by atoms with Crippen LogP contribution in [0.4, 0.5) is 0 Å². The summed E-state index contributed by atoms with van der Waals surface area (Å²) >= 11 is 0. The first-order chi connectivity index (χ1) is 6.92. The maximum Gasteiger partial charge on any atom is 0.0541 e. The number of hydrogen-bond acceptors (Lipinski definition) is 3. The van der Waals surface area contributed by atoms with Crippen molar-refractivity contribution in [3.05, 3.63) is 0 Å². The highest BCUT2D eigenvalue weighted by atomic mass is 16.3. The zero-order valence-corrected chi connectivity index (χ0v) is 10.6. The van der Waals surface area contributed by atoms with Gasteiger partial charge < -0.3 is 15.3 Å². The number of hydrogen-bond donors (Lipinski definition) is 2. The van der Waals surface area contributed by atoms with Gasteiger partial charge in [-0.05, 0) is 53.6 Å². The topological polar surface area (TPSA) is 35.5 Å². The quantitative estimate of drug-likeness (QED) is 0.738. The summed E-state index contributed by atoms with van der Waals surface area (Å²) in [6.45, 7) is 5.51. The molecular weight excluding hydrogens is 188 g/mol. The van der Waals surface area contributed by atoms with Crippen LogP contribution in [0.3, 0.4) is 0 Å². The van der Waals surface area contributed by atoms with Gasteiger partial charge in [-0.3, -0.25) is 0 Å². The fourth-order valence-corrected chi connectivity index (χ4v) is 1.83. The van der Waals surface area contributed by atoms with Crippen LogP contribution in [0.2, 0.25) is 0 Å². The minimum absolute atomic E-state index is 0.0510. The smallest absolute Gasteiger partial charge is 0.0541 e. The standard InChI is InChI=1S/C12H26N2O/c1-12(2,14(3)4)9-13-10-5-7-11(15)8-6-10/h10-11,13,15H,5-9H2,1-4H3. The van der Waals surface area contributed by atoms with E-state index in [0.29, 0.717) is 6.04 Å². The molecule has 1 rings (SSSR count).